The Morgan fingerprint density at radius 2 is 2.00 bits per heavy atom. The number of piperidine rings is 1. The number of aliphatic hydroxyl groups is 1. The second-order valence-corrected chi connectivity index (χ2v) is 7.00. The van der Waals surface area contributed by atoms with E-state index in [-0.39, 0.29) is 12.5 Å². The number of aliphatic hydroxyl groups excluding tert-OH is 1. The van der Waals surface area contributed by atoms with Gasteiger partial charge in [-0.2, -0.15) is 0 Å². The van der Waals surface area contributed by atoms with Crippen molar-refractivity contribution >= 4 is 5.91 Å². The highest BCUT2D eigenvalue weighted by Gasteiger charge is 2.21. The normalized spacial score (nSPS) is 25.2. The Morgan fingerprint density at radius 3 is 2.83 bits per heavy atom. The number of amides is 1. The van der Waals surface area contributed by atoms with Gasteiger partial charge in [-0.15, -0.1) is 0 Å². The van der Waals surface area contributed by atoms with E-state index in [0.717, 1.165) is 65.1 Å². The summed E-state index contributed by atoms with van der Waals surface area (Å²) in [6.07, 6.45) is 5.66. The smallest absolute Gasteiger partial charge is 0.234 e. The summed E-state index contributed by atoms with van der Waals surface area (Å²) in [6, 6.07) is 0.327. The molecule has 0 aromatic rings. The molecule has 2 aliphatic heterocycles. The number of nitrogens with zero attached hydrogens (tertiary/aromatic N) is 3. The third-order valence-corrected chi connectivity index (χ3v) is 5.08. The van der Waals surface area contributed by atoms with E-state index < -0.39 is 0 Å². The standard InChI is InChI=1S/C17H34N4O2/c1-19-8-5-9-20(13-12-19)14-17(23)18-7-4-11-21-10-3-2-6-16(21)15-22/h16,22H,2-15H2,1H3,(H,18,23)/t16-/m0/s1. The topological polar surface area (TPSA) is 59.0 Å². The Balaban J connectivity index is 1.57. The molecule has 0 saturated carbocycles. The minimum absolute atomic E-state index is 0.145. The number of hydrogen-bond donors (Lipinski definition) is 2. The van der Waals surface area contributed by atoms with Crippen LogP contribution in [0.15, 0.2) is 0 Å². The molecule has 6 heteroatoms. The lowest BCUT2D eigenvalue weighted by Gasteiger charge is -2.34. The van der Waals surface area contributed by atoms with Crippen molar-refractivity contribution < 1.29 is 9.90 Å². The highest BCUT2D eigenvalue weighted by molar-refractivity contribution is 5.77. The second kappa shape index (κ2) is 10.2. The van der Waals surface area contributed by atoms with Gasteiger partial charge in [0.05, 0.1) is 13.2 Å². The van der Waals surface area contributed by atoms with Crippen molar-refractivity contribution in [3.05, 3.63) is 0 Å². The molecule has 2 N–H and O–H groups in total. The van der Waals surface area contributed by atoms with Crippen molar-refractivity contribution in [2.24, 2.45) is 0 Å². The van der Waals surface area contributed by atoms with Gasteiger partial charge >= 0.3 is 0 Å². The largest absolute Gasteiger partial charge is 0.395 e. The van der Waals surface area contributed by atoms with Crippen LogP contribution in [0, 0.1) is 0 Å². The predicted octanol–water partition coefficient (Wildman–Crippen LogP) is -0.0230. The van der Waals surface area contributed by atoms with E-state index in [0.29, 0.717) is 12.6 Å². The summed E-state index contributed by atoms with van der Waals surface area (Å²) < 4.78 is 0. The molecule has 1 atom stereocenters. The molecule has 2 saturated heterocycles. The molecule has 134 valence electrons. The molecular weight excluding hydrogens is 292 g/mol. The van der Waals surface area contributed by atoms with Crippen molar-refractivity contribution in [3.8, 4) is 0 Å². The van der Waals surface area contributed by atoms with Gasteiger partial charge in [0, 0.05) is 32.2 Å². The third kappa shape index (κ3) is 6.75. The SMILES string of the molecule is CN1CCCN(CC(=O)NCCCN2CCCC[C@H]2CO)CC1. The zero-order valence-electron chi connectivity index (χ0n) is 14.7. The van der Waals surface area contributed by atoms with Crippen LogP contribution in [-0.4, -0.2) is 97.8 Å². The number of hydrogen-bond acceptors (Lipinski definition) is 5. The lowest BCUT2D eigenvalue weighted by Crippen LogP contribution is -2.43. The first-order valence-corrected chi connectivity index (χ1v) is 9.21. The summed E-state index contributed by atoms with van der Waals surface area (Å²) in [7, 11) is 2.14. The van der Waals surface area contributed by atoms with Gasteiger partial charge in [-0.05, 0) is 52.4 Å². The zero-order chi connectivity index (χ0) is 16.5. The minimum atomic E-state index is 0.145. The fourth-order valence-corrected chi connectivity index (χ4v) is 3.59. The Kier molecular flexibility index (Phi) is 8.30. The highest BCUT2D eigenvalue weighted by Crippen LogP contribution is 2.16. The van der Waals surface area contributed by atoms with E-state index in [1.165, 1.54) is 12.8 Å². The van der Waals surface area contributed by atoms with Crippen LogP contribution in [0.2, 0.25) is 0 Å². The molecule has 0 spiro atoms. The summed E-state index contributed by atoms with van der Waals surface area (Å²) in [4.78, 5) is 19.0. The number of nitrogens with one attached hydrogen (secondary N) is 1. The molecular formula is C17H34N4O2. The average Bonchev–Trinajstić information content (AvgIpc) is 2.76. The maximum absolute atomic E-state index is 12.1. The van der Waals surface area contributed by atoms with Crippen LogP contribution in [0.3, 0.4) is 0 Å². The van der Waals surface area contributed by atoms with Gasteiger partial charge in [-0.3, -0.25) is 14.6 Å². The van der Waals surface area contributed by atoms with Crippen LogP contribution in [-0.2, 0) is 4.79 Å². The van der Waals surface area contributed by atoms with Crippen LogP contribution in [0.4, 0.5) is 0 Å². The van der Waals surface area contributed by atoms with Crippen LogP contribution in [0.1, 0.15) is 32.1 Å². The summed E-state index contributed by atoms with van der Waals surface area (Å²) in [5.74, 6) is 0.145. The molecule has 23 heavy (non-hydrogen) atoms. The van der Waals surface area contributed by atoms with E-state index in [9.17, 15) is 9.90 Å². The highest BCUT2D eigenvalue weighted by atomic mass is 16.3. The van der Waals surface area contributed by atoms with Crippen molar-refractivity contribution in [2.75, 3.05) is 66.0 Å². The average molecular weight is 326 g/mol. The summed E-state index contributed by atoms with van der Waals surface area (Å²) in [6.45, 7) is 7.75. The molecule has 2 aliphatic rings. The molecule has 1 amide bonds. The molecule has 0 aromatic heterocycles. The number of likely N-dealkylation sites (tertiary alicyclic amines) is 1. The fraction of sp³-hybridized carbons (Fsp3) is 0.941. The first-order valence-electron chi connectivity index (χ1n) is 9.21. The summed E-state index contributed by atoms with van der Waals surface area (Å²) >= 11 is 0. The Hall–Kier alpha value is -0.690. The van der Waals surface area contributed by atoms with Crippen LogP contribution >= 0.6 is 0 Å². The Bertz CT molecular complexity index is 353. The predicted molar refractivity (Wildman–Crippen MR) is 92.5 cm³/mol. The first kappa shape index (κ1) is 18.6. The monoisotopic (exact) mass is 326 g/mol. The van der Waals surface area contributed by atoms with Gasteiger partial charge in [-0.25, -0.2) is 0 Å². The van der Waals surface area contributed by atoms with Gasteiger partial charge in [0.15, 0.2) is 0 Å². The molecule has 0 aromatic carbocycles. The van der Waals surface area contributed by atoms with E-state index in [2.05, 4.69) is 27.1 Å². The number of carbonyl (C=O) groups is 1. The zero-order valence-corrected chi connectivity index (χ0v) is 14.7. The van der Waals surface area contributed by atoms with E-state index in [4.69, 9.17) is 0 Å². The number of carbonyl (C=O) groups excluding carboxylic acids is 1. The molecule has 0 unspecified atom stereocenters. The lowest BCUT2D eigenvalue weighted by atomic mass is 10.0. The second-order valence-electron chi connectivity index (χ2n) is 7.00. The van der Waals surface area contributed by atoms with Gasteiger partial charge < -0.3 is 15.3 Å². The fourth-order valence-electron chi connectivity index (χ4n) is 3.59. The maximum atomic E-state index is 12.1. The molecule has 0 bridgehead atoms. The van der Waals surface area contributed by atoms with Crippen LogP contribution in [0.5, 0.6) is 0 Å². The van der Waals surface area contributed by atoms with Crippen molar-refractivity contribution in [1.29, 1.82) is 0 Å². The summed E-state index contributed by atoms with van der Waals surface area (Å²) in [5.41, 5.74) is 0. The Morgan fingerprint density at radius 1 is 1.13 bits per heavy atom. The van der Waals surface area contributed by atoms with E-state index >= 15 is 0 Å². The third-order valence-electron chi connectivity index (χ3n) is 5.08. The molecule has 2 heterocycles. The maximum Gasteiger partial charge on any atom is 0.234 e. The van der Waals surface area contributed by atoms with Gasteiger partial charge in [-0.1, -0.05) is 6.42 Å². The van der Waals surface area contributed by atoms with Crippen molar-refractivity contribution in [1.82, 2.24) is 20.0 Å². The van der Waals surface area contributed by atoms with Gasteiger partial charge in [0.2, 0.25) is 5.91 Å². The molecule has 0 radical (unpaired) electrons. The van der Waals surface area contributed by atoms with Crippen molar-refractivity contribution in [2.45, 2.75) is 38.1 Å². The Labute approximate surface area is 140 Å². The molecule has 6 nitrogen and oxygen atoms in total. The van der Waals surface area contributed by atoms with Crippen molar-refractivity contribution in [3.63, 3.8) is 0 Å². The molecule has 2 fully saturated rings. The van der Waals surface area contributed by atoms with Gasteiger partial charge in [0.1, 0.15) is 0 Å². The number of rotatable bonds is 7. The first-order chi connectivity index (χ1) is 11.2. The molecule has 2 rings (SSSR count). The molecule has 0 aliphatic carbocycles. The van der Waals surface area contributed by atoms with E-state index in [1.54, 1.807) is 0 Å². The van der Waals surface area contributed by atoms with Crippen LogP contribution < -0.4 is 5.32 Å². The number of likely N-dealkylation sites (N-methyl/N-ethyl adjacent to an activating group) is 1. The lowest BCUT2D eigenvalue weighted by molar-refractivity contribution is -0.122. The van der Waals surface area contributed by atoms with Gasteiger partial charge in [0.25, 0.3) is 0 Å². The minimum Gasteiger partial charge on any atom is -0.395 e. The quantitative estimate of drug-likeness (QED) is 0.644. The summed E-state index contributed by atoms with van der Waals surface area (Å²) in [5, 5.41) is 12.5. The van der Waals surface area contributed by atoms with E-state index in [1.807, 2.05) is 0 Å². The van der Waals surface area contributed by atoms with Crippen LogP contribution in [0.25, 0.3) is 0 Å².